The summed E-state index contributed by atoms with van der Waals surface area (Å²) in [7, 11) is 1.54. The lowest BCUT2D eigenvalue weighted by atomic mass is 10.2. The van der Waals surface area contributed by atoms with Crippen LogP contribution in [0, 0.1) is 18.3 Å². The Bertz CT molecular complexity index is 631. The lowest BCUT2D eigenvalue weighted by Gasteiger charge is -2.12. The minimum atomic E-state index is 0.336. The van der Waals surface area contributed by atoms with Gasteiger partial charge in [0, 0.05) is 6.07 Å². The zero-order valence-electron chi connectivity index (χ0n) is 10.4. The molecule has 5 nitrogen and oxygen atoms in total. The summed E-state index contributed by atoms with van der Waals surface area (Å²) >= 11 is 5.88. The summed E-state index contributed by atoms with van der Waals surface area (Å²) in [5.41, 5.74) is 1.02. The maximum Gasteiger partial charge on any atom is 0.143 e. The monoisotopic (exact) mass is 274 g/mol. The van der Waals surface area contributed by atoms with Crippen LogP contribution in [0.5, 0.6) is 5.75 Å². The molecule has 2 rings (SSSR count). The van der Waals surface area contributed by atoms with Crippen LogP contribution >= 0.6 is 11.6 Å². The van der Waals surface area contributed by atoms with E-state index < -0.39 is 0 Å². The molecular weight excluding hydrogens is 264 g/mol. The normalized spacial score (nSPS) is 9.79. The number of nitrogens with zero attached hydrogens (tertiary/aromatic N) is 3. The minimum Gasteiger partial charge on any atom is -0.495 e. The van der Waals surface area contributed by atoms with Crippen molar-refractivity contribution in [2.45, 2.75) is 6.92 Å². The standard InChI is InChI=1S/C13H11ClN4O/c1-8-16-11(14)6-12(17-8)18-13-9(7-15)4-3-5-10(13)19-2/h3-6H,1-2H3,(H,16,17,18). The van der Waals surface area contributed by atoms with Gasteiger partial charge in [0.2, 0.25) is 0 Å². The topological polar surface area (TPSA) is 70.8 Å². The fourth-order valence-corrected chi connectivity index (χ4v) is 1.87. The molecular formula is C13H11ClN4O. The number of halogens is 1. The highest BCUT2D eigenvalue weighted by atomic mass is 35.5. The molecule has 0 radical (unpaired) electrons. The van der Waals surface area contributed by atoms with Crippen molar-refractivity contribution in [2.24, 2.45) is 0 Å². The van der Waals surface area contributed by atoms with Gasteiger partial charge in [0.25, 0.3) is 0 Å². The summed E-state index contributed by atoms with van der Waals surface area (Å²) in [5.74, 6) is 1.62. The summed E-state index contributed by atoms with van der Waals surface area (Å²) in [6, 6.07) is 8.89. The molecule has 0 bridgehead atoms. The summed E-state index contributed by atoms with van der Waals surface area (Å²) in [6.45, 7) is 1.74. The molecule has 1 aromatic heterocycles. The molecule has 96 valence electrons. The number of methoxy groups -OCH3 is 1. The Morgan fingerprint density at radius 1 is 1.37 bits per heavy atom. The zero-order chi connectivity index (χ0) is 13.8. The van der Waals surface area contributed by atoms with Gasteiger partial charge in [0.05, 0.1) is 12.7 Å². The Morgan fingerprint density at radius 2 is 2.16 bits per heavy atom. The minimum absolute atomic E-state index is 0.336. The van der Waals surface area contributed by atoms with Gasteiger partial charge in [-0.3, -0.25) is 0 Å². The van der Waals surface area contributed by atoms with Gasteiger partial charge in [-0.25, -0.2) is 9.97 Å². The van der Waals surface area contributed by atoms with Crippen LogP contribution in [0.3, 0.4) is 0 Å². The van der Waals surface area contributed by atoms with E-state index in [0.717, 1.165) is 0 Å². The fraction of sp³-hybridized carbons (Fsp3) is 0.154. The van der Waals surface area contributed by atoms with Gasteiger partial charge in [0.15, 0.2) is 0 Å². The maximum atomic E-state index is 9.12. The van der Waals surface area contributed by atoms with Crippen LogP contribution in [-0.4, -0.2) is 17.1 Å². The number of rotatable bonds is 3. The van der Waals surface area contributed by atoms with Gasteiger partial charge >= 0.3 is 0 Å². The summed E-state index contributed by atoms with van der Waals surface area (Å²) in [4.78, 5) is 8.19. The van der Waals surface area contributed by atoms with Gasteiger partial charge in [0.1, 0.15) is 34.3 Å². The molecule has 0 saturated carbocycles. The molecule has 0 aliphatic carbocycles. The third kappa shape index (κ3) is 2.92. The molecule has 19 heavy (non-hydrogen) atoms. The lowest BCUT2D eigenvalue weighted by molar-refractivity contribution is 0.416. The van der Waals surface area contributed by atoms with E-state index in [1.807, 2.05) is 0 Å². The van der Waals surface area contributed by atoms with Crippen LogP contribution in [0.25, 0.3) is 0 Å². The van der Waals surface area contributed by atoms with E-state index in [9.17, 15) is 0 Å². The van der Waals surface area contributed by atoms with Crippen LogP contribution in [0.4, 0.5) is 11.5 Å². The second kappa shape index (κ2) is 5.55. The third-order valence-corrected chi connectivity index (χ3v) is 2.62. The van der Waals surface area contributed by atoms with Crippen molar-refractivity contribution in [3.05, 3.63) is 40.8 Å². The first-order valence-electron chi connectivity index (χ1n) is 5.49. The highest BCUT2D eigenvalue weighted by Crippen LogP contribution is 2.30. The number of aryl methyl sites for hydroxylation is 1. The Kier molecular flexibility index (Phi) is 3.83. The van der Waals surface area contributed by atoms with E-state index in [-0.39, 0.29) is 0 Å². The van der Waals surface area contributed by atoms with Gasteiger partial charge in [-0.2, -0.15) is 5.26 Å². The fourth-order valence-electron chi connectivity index (χ4n) is 1.65. The highest BCUT2D eigenvalue weighted by molar-refractivity contribution is 6.29. The van der Waals surface area contributed by atoms with Crippen LogP contribution in [-0.2, 0) is 0 Å². The van der Waals surface area contributed by atoms with E-state index in [1.165, 1.54) is 0 Å². The number of nitrogens with one attached hydrogen (secondary N) is 1. The smallest absolute Gasteiger partial charge is 0.143 e. The van der Waals surface area contributed by atoms with Crippen molar-refractivity contribution in [3.8, 4) is 11.8 Å². The molecule has 0 aliphatic rings. The van der Waals surface area contributed by atoms with Gasteiger partial charge in [-0.15, -0.1) is 0 Å². The number of para-hydroxylation sites is 1. The second-order valence-corrected chi connectivity index (χ2v) is 4.13. The molecule has 0 atom stereocenters. The van der Waals surface area contributed by atoms with Crippen molar-refractivity contribution >= 4 is 23.1 Å². The van der Waals surface area contributed by atoms with Gasteiger partial charge in [-0.1, -0.05) is 17.7 Å². The highest BCUT2D eigenvalue weighted by Gasteiger charge is 2.10. The van der Waals surface area contributed by atoms with E-state index >= 15 is 0 Å². The Hall–Kier alpha value is -2.32. The average Bonchev–Trinajstić information content (AvgIpc) is 2.37. The Balaban J connectivity index is 2.45. The van der Waals surface area contributed by atoms with Crippen molar-refractivity contribution < 1.29 is 4.74 Å². The van der Waals surface area contributed by atoms with E-state index in [4.69, 9.17) is 21.6 Å². The van der Waals surface area contributed by atoms with E-state index in [0.29, 0.717) is 33.8 Å². The van der Waals surface area contributed by atoms with Crippen molar-refractivity contribution in [1.82, 2.24) is 9.97 Å². The predicted octanol–water partition coefficient (Wildman–Crippen LogP) is 3.06. The van der Waals surface area contributed by atoms with Crippen molar-refractivity contribution in [3.63, 3.8) is 0 Å². The molecule has 0 unspecified atom stereocenters. The molecule has 0 amide bonds. The number of ether oxygens (including phenoxy) is 1. The molecule has 0 aliphatic heterocycles. The number of hydrogen-bond acceptors (Lipinski definition) is 5. The zero-order valence-corrected chi connectivity index (χ0v) is 11.2. The third-order valence-electron chi connectivity index (χ3n) is 2.43. The molecule has 6 heteroatoms. The Morgan fingerprint density at radius 3 is 2.79 bits per heavy atom. The maximum absolute atomic E-state index is 9.12. The summed E-state index contributed by atoms with van der Waals surface area (Å²) < 4.78 is 5.23. The number of hydrogen-bond donors (Lipinski definition) is 1. The van der Waals surface area contributed by atoms with Crippen molar-refractivity contribution in [1.29, 1.82) is 5.26 Å². The quantitative estimate of drug-likeness (QED) is 0.871. The van der Waals surface area contributed by atoms with Gasteiger partial charge < -0.3 is 10.1 Å². The number of benzene rings is 1. The number of aromatic nitrogens is 2. The SMILES string of the molecule is COc1cccc(C#N)c1Nc1cc(Cl)nc(C)n1. The lowest BCUT2D eigenvalue weighted by Crippen LogP contribution is -2.01. The molecule has 0 saturated heterocycles. The van der Waals surface area contributed by atoms with Gasteiger partial charge in [-0.05, 0) is 19.1 Å². The Labute approximate surface area is 115 Å². The number of anilines is 2. The predicted molar refractivity (Wildman–Crippen MR) is 72.8 cm³/mol. The first kappa shape index (κ1) is 13.1. The molecule has 2 aromatic rings. The molecule has 0 fully saturated rings. The molecule has 1 heterocycles. The largest absolute Gasteiger partial charge is 0.495 e. The van der Waals surface area contributed by atoms with E-state index in [2.05, 4.69) is 21.4 Å². The van der Waals surface area contributed by atoms with Crippen LogP contribution in [0.15, 0.2) is 24.3 Å². The summed E-state index contributed by atoms with van der Waals surface area (Å²) in [5, 5.41) is 12.5. The number of nitriles is 1. The average molecular weight is 275 g/mol. The molecule has 1 aromatic carbocycles. The first-order valence-corrected chi connectivity index (χ1v) is 5.87. The van der Waals surface area contributed by atoms with Crippen LogP contribution in [0.1, 0.15) is 11.4 Å². The van der Waals surface area contributed by atoms with Crippen molar-refractivity contribution in [2.75, 3.05) is 12.4 Å². The second-order valence-electron chi connectivity index (χ2n) is 3.74. The van der Waals surface area contributed by atoms with Crippen LogP contribution < -0.4 is 10.1 Å². The summed E-state index contributed by atoms with van der Waals surface area (Å²) in [6.07, 6.45) is 0. The van der Waals surface area contributed by atoms with Crippen LogP contribution in [0.2, 0.25) is 5.15 Å². The molecule has 1 N–H and O–H groups in total. The molecule has 0 spiro atoms. The first-order chi connectivity index (χ1) is 9.13. The van der Waals surface area contributed by atoms with E-state index in [1.54, 1.807) is 38.3 Å².